The van der Waals surface area contributed by atoms with Crippen molar-refractivity contribution < 1.29 is 14.4 Å². The van der Waals surface area contributed by atoms with Crippen LogP contribution in [-0.2, 0) is 14.4 Å². The number of aldehydes is 1. The van der Waals surface area contributed by atoms with E-state index in [2.05, 4.69) is 10.7 Å². The maximum atomic E-state index is 10.0. The highest BCUT2D eigenvalue weighted by atomic mass is 16.7. The molecule has 0 saturated heterocycles. The molecule has 1 unspecified atom stereocenters. The first kappa shape index (κ1) is 7.06. The number of hydrogen-bond donors (Lipinski definition) is 2. The van der Waals surface area contributed by atoms with E-state index in [0.717, 1.165) is 0 Å². The van der Waals surface area contributed by atoms with E-state index in [1.54, 1.807) is 0 Å². The molecule has 0 fully saturated rings. The second kappa shape index (κ2) is 3.11. The topological polar surface area (TPSA) is 95.4 Å². The van der Waals surface area contributed by atoms with Gasteiger partial charge in [0.05, 0.1) is 0 Å². The minimum Gasteiger partial charge on any atom is -0.372 e. The molecule has 46 valence electrons. The van der Waals surface area contributed by atoms with Crippen molar-refractivity contribution in [3.63, 3.8) is 0 Å². The van der Waals surface area contributed by atoms with Crippen LogP contribution in [0.4, 0.5) is 0 Å². The molecule has 1 atom stereocenters. The van der Waals surface area contributed by atoms with Crippen LogP contribution in [0.1, 0.15) is 0 Å². The van der Waals surface area contributed by atoms with Crippen LogP contribution in [0.3, 0.4) is 0 Å². The second-order valence-corrected chi connectivity index (χ2v) is 1.10. The Morgan fingerprint density at radius 3 is 2.38 bits per heavy atom. The van der Waals surface area contributed by atoms with Crippen LogP contribution < -0.4 is 11.6 Å². The molecule has 0 saturated carbocycles. The van der Waals surface area contributed by atoms with Gasteiger partial charge in [-0.05, 0) is 0 Å². The van der Waals surface area contributed by atoms with Gasteiger partial charge in [0.25, 0.3) is 0 Å². The predicted molar refractivity (Wildman–Crippen MR) is 24.3 cm³/mol. The van der Waals surface area contributed by atoms with E-state index in [9.17, 15) is 9.59 Å². The molecule has 5 heteroatoms. The molecule has 0 aliphatic carbocycles. The van der Waals surface area contributed by atoms with Crippen LogP contribution in [0.25, 0.3) is 0 Å². The van der Waals surface area contributed by atoms with Gasteiger partial charge in [0.2, 0.25) is 0 Å². The van der Waals surface area contributed by atoms with Crippen LogP contribution in [-0.4, -0.2) is 18.3 Å². The third kappa shape index (κ3) is 1.67. The third-order valence-electron chi connectivity index (χ3n) is 0.535. The SMILES string of the molecule is NOC(=O)C(N)C=O. The summed E-state index contributed by atoms with van der Waals surface area (Å²) in [5.74, 6) is 3.43. The summed E-state index contributed by atoms with van der Waals surface area (Å²) >= 11 is 0. The monoisotopic (exact) mass is 118 g/mol. The fourth-order valence-corrected chi connectivity index (χ4v) is 0.134. The maximum Gasteiger partial charge on any atom is 0.348 e. The summed E-state index contributed by atoms with van der Waals surface area (Å²) in [7, 11) is 0. The van der Waals surface area contributed by atoms with Crippen LogP contribution in [0.5, 0.6) is 0 Å². The largest absolute Gasteiger partial charge is 0.372 e. The lowest BCUT2D eigenvalue weighted by Gasteiger charge is -1.96. The number of nitrogens with two attached hydrogens (primary N) is 2. The molecular formula is C3H6N2O3. The maximum absolute atomic E-state index is 10.0. The van der Waals surface area contributed by atoms with Crippen LogP contribution in [0.2, 0.25) is 0 Å². The number of hydrogen-bond acceptors (Lipinski definition) is 5. The zero-order chi connectivity index (χ0) is 6.57. The van der Waals surface area contributed by atoms with E-state index in [0.29, 0.717) is 0 Å². The van der Waals surface area contributed by atoms with Crippen molar-refractivity contribution in [2.75, 3.05) is 0 Å². The lowest BCUT2D eigenvalue weighted by atomic mass is 10.4. The molecule has 0 aliphatic rings. The predicted octanol–water partition coefficient (Wildman–Crippen LogP) is -2.07. The average Bonchev–Trinajstić information content (AvgIpc) is 1.84. The molecule has 5 nitrogen and oxygen atoms in total. The Hall–Kier alpha value is -0.940. The number of carbonyl (C=O) groups is 2. The molecule has 0 aromatic rings. The first-order valence-electron chi connectivity index (χ1n) is 1.83. The minimum absolute atomic E-state index is 0.245. The Morgan fingerprint density at radius 2 is 2.25 bits per heavy atom. The normalized spacial score (nSPS) is 12.2. The Kier molecular flexibility index (Phi) is 2.75. The van der Waals surface area contributed by atoms with Gasteiger partial charge >= 0.3 is 5.97 Å². The second-order valence-electron chi connectivity index (χ2n) is 1.10. The van der Waals surface area contributed by atoms with Gasteiger partial charge in [0, 0.05) is 0 Å². The van der Waals surface area contributed by atoms with E-state index in [4.69, 9.17) is 5.73 Å². The summed E-state index contributed by atoms with van der Waals surface area (Å²) in [4.78, 5) is 23.3. The molecule has 0 aromatic heterocycles. The van der Waals surface area contributed by atoms with E-state index in [-0.39, 0.29) is 6.29 Å². The van der Waals surface area contributed by atoms with E-state index in [1.807, 2.05) is 0 Å². The molecule has 0 aromatic carbocycles. The van der Waals surface area contributed by atoms with Gasteiger partial charge in [-0.25, -0.2) is 4.79 Å². The highest BCUT2D eigenvalue weighted by molar-refractivity contribution is 5.91. The van der Waals surface area contributed by atoms with Crippen molar-refractivity contribution in [3.8, 4) is 0 Å². The van der Waals surface area contributed by atoms with E-state index < -0.39 is 12.0 Å². The van der Waals surface area contributed by atoms with Crippen molar-refractivity contribution in [1.29, 1.82) is 0 Å². The van der Waals surface area contributed by atoms with Gasteiger partial charge in [-0.1, -0.05) is 0 Å². The van der Waals surface area contributed by atoms with Crippen molar-refractivity contribution in [3.05, 3.63) is 0 Å². The highest BCUT2D eigenvalue weighted by Crippen LogP contribution is 1.72. The summed E-state index contributed by atoms with van der Waals surface area (Å²) < 4.78 is 0. The fraction of sp³-hybridized carbons (Fsp3) is 0.333. The lowest BCUT2D eigenvalue weighted by molar-refractivity contribution is -0.146. The molecule has 0 heterocycles. The van der Waals surface area contributed by atoms with Gasteiger partial charge in [-0.3, -0.25) is 0 Å². The fourth-order valence-electron chi connectivity index (χ4n) is 0.134. The first-order chi connectivity index (χ1) is 3.72. The Morgan fingerprint density at radius 1 is 1.75 bits per heavy atom. The van der Waals surface area contributed by atoms with Crippen molar-refractivity contribution in [2.45, 2.75) is 6.04 Å². The van der Waals surface area contributed by atoms with Gasteiger partial charge in [-0.15, -0.1) is 0 Å². The first-order valence-corrected chi connectivity index (χ1v) is 1.83. The molecule has 0 spiro atoms. The lowest BCUT2D eigenvalue weighted by Crippen LogP contribution is -2.35. The average molecular weight is 118 g/mol. The molecule has 0 amide bonds. The molecule has 0 radical (unpaired) electrons. The van der Waals surface area contributed by atoms with E-state index in [1.165, 1.54) is 0 Å². The smallest absolute Gasteiger partial charge is 0.348 e. The Balaban J connectivity index is 3.62. The molecule has 0 bridgehead atoms. The third-order valence-corrected chi connectivity index (χ3v) is 0.535. The van der Waals surface area contributed by atoms with Crippen LogP contribution in [0, 0.1) is 0 Å². The summed E-state index contributed by atoms with van der Waals surface area (Å²) in [5.41, 5.74) is 4.80. The van der Waals surface area contributed by atoms with Gasteiger partial charge in [-0.2, -0.15) is 5.90 Å². The molecule has 0 aliphatic heterocycles. The Bertz CT molecular complexity index is 103. The van der Waals surface area contributed by atoms with Gasteiger partial charge < -0.3 is 15.4 Å². The van der Waals surface area contributed by atoms with Gasteiger partial charge in [0.15, 0.2) is 6.04 Å². The number of rotatable bonds is 2. The minimum atomic E-state index is -1.25. The van der Waals surface area contributed by atoms with Crippen molar-refractivity contribution >= 4 is 12.3 Å². The van der Waals surface area contributed by atoms with Crippen molar-refractivity contribution in [1.82, 2.24) is 0 Å². The van der Waals surface area contributed by atoms with Crippen LogP contribution >= 0.6 is 0 Å². The molecule has 8 heavy (non-hydrogen) atoms. The number of carbonyl (C=O) groups excluding carboxylic acids is 2. The summed E-state index contributed by atoms with van der Waals surface area (Å²) in [6, 6.07) is -1.25. The molecule has 4 N–H and O–H groups in total. The highest BCUT2D eigenvalue weighted by Gasteiger charge is 2.10. The summed E-state index contributed by atoms with van der Waals surface area (Å²) in [6.07, 6.45) is 0.245. The van der Waals surface area contributed by atoms with Crippen LogP contribution in [0.15, 0.2) is 0 Å². The standard InChI is InChI=1S/C3H6N2O3/c4-2(1-6)3(7)8-5/h1-2H,4-5H2. The van der Waals surface area contributed by atoms with Gasteiger partial charge in [0.1, 0.15) is 6.29 Å². The Labute approximate surface area is 45.5 Å². The van der Waals surface area contributed by atoms with E-state index >= 15 is 0 Å². The quantitative estimate of drug-likeness (QED) is 0.246. The zero-order valence-electron chi connectivity index (χ0n) is 4.03. The molecular weight excluding hydrogens is 112 g/mol. The molecule has 0 rings (SSSR count). The van der Waals surface area contributed by atoms with Crippen molar-refractivity contribution in [2.24, 2.45) is 11.6 Å². The summed E-state index contributed by atoms with van der Waals surface area (Å²) in [5, 5.41) is 0. The zero-order valence-corrected chi connectivity index (χ0v) is 4.03. The summed E-state index contributed by atoms with van der Waals surface area (Å²) in [6.45, 7) is 0.